The number of ether oxygens (including phenoxy) is 1. The Morgan fingerprint density at radius 3 is 1.91 bits per heavy atom. The second kappa shape index (κ2) is 12.9. The van der Waals surface area contributed by atoms with Gasteiger partial charge in [-0.3, -0.25) is 4.79 Å². The summed E-state index contributed by atoms with van der Waals surface area (Å²) in [4.78, 5) is 13.7. The number of carbonyl (C=O) groups excluding carboxylic acids is 1. The van der Waals surface area contributed by atoms with Crippen LogP contribution < -0.4 is 0 Å². The number of sulfone groups is 2. The summed E-state index contributed by atoms with van der Waals surface area (Å²) in [5, 5.41) is -1.43. The fraction of sp³-hybridized carbons (Fsp3) is 0.139. The highest BCUT2D eigenvalue weighted by Crippen LogP contribution is 2.40. The molecule has 1 atom stereocenters. The van der Waals surface area contributed by atoms with E-state index in [-0.39, 0.29) is 38.9 Å². The van der Waals surface area contributed by atoms with Crippen molar-refractivity contribution in [1.29, 1.82) is 0 Å². The number of carbonyl (C=O) groups is 1. The van der Waals surface area contributed by atoms with Gasteiger partial charge in [-0.1, -0.05) is 108 Å². The Hall–Kier alpha value is -4.71. The monoisotopic (exact) mass is 622 g/mol. The van der Waals surface area contributed by atoms with Crippen LogP contribution in [0.1, 0.15) is 39.9 Å². The number of hydrogen-bond acceptors (Lipinski definition) is 6. The maximum absolute atomic E-state index is 13.7. The fourth-order valence-corrected chi connectivity index (χ4v) is 7.82. The number of ketones is 1. The fourth-order valence-electron chi connectivity index (χ4n) is 4.74. The number of aryl methyl sites for hydroxylation is 2. The van der Waals surface area contributed by atoms with Crippen molar-refractivity contribution in [3.63, 3.8) is 0 Å². The van der Waals surface area contributed by atoms with E-state index in [0.717, 1.165) is 11.1 Å². The minimum absolute atomic E-state index is 0.0246. The van der Waals surface area contributed by atoms with Crippen LogP contribution in [0.15, 0.2) is 136 Å². The Labute approximate surface area is 258 Å². The number of benzene rings is 4. The van der Waals surface area contributed by atoms with Gasteiger partial charge in [0.05, 0.1) is 14.7 Å². The third-order valence-corrected chi connectivity index (χ3v) is 11.1. The predicted molar refractivity (Wildman–Crippen MR) is 171 cm³/mol. The first-order valence-corrected chi connectivity index (χ1v) is 17.0. The van der Waals surface area contributed by atoms with Crippen LogP contribution in [0.2, 0.25) is 0 Å². The maximum Gasteiger partial charge on any atom is 0.206 e. The molecule has 1 heterocycles. The lowest BCUT2D eigenvalue weighted by Gasteiger charge is -2.15. The van der Waals surface area contributed by atoms with Crippen molar-refractivity contribution in [1.82, 2.24) is 0 Å². The molecule has 0 N–H and O–H groups in total. The molecule has 44 heavy (non-hydrogen) atoms. The molecule has 4 aromatic rings. The van der Waals surface area contributed by atoms with Gasteiger partial charge in [-0.15, -0.1) is 0 Å². The van der Waals surface area contributed by atoms with Crippen LogP contribution in [0.25, 0.3) is 5.76 Å². The van der Waals surface area contributed by atoms with Gasteiger partial charge in [0.1, 0.15) is 16.8 Å². The Morgan fingerprint density at radius 1 is 0.773 bits per heavy atom. The molecule has 0 fully saturated rings. The van der Waals surface area contributed by atoms with Crippen molar-refractivity contribution in [2.45, 2.75) is 41.7 Å². The predicted octanol–water partition coefficient (Wildman–Crippen LogP) is 6.87. The van der Waals surface area contributed by atoms with E-state index in [9.17, 15) is 21.6 Å². The molecule has 5 rings (SSSR count). The van der Waals surface area contributed by atoms with Crippen LogP contribution in [0.5, 0.6) is 0 Å². The molecule has 0 aliphatic carbocycles. The van der Waals surface area contributed by atoms with Gasteiger partial charge in [-0.25, -0.2) is 16.8 Å². The molecule has 0 unspecified atom stereocenters. The largest absolute Gasteiger partial charge is 0.459 e. The summed E-state index contributed by atoms with van der Waals surface area (Å²) in [7, 11) is -7.95. The Balaban J connectivity index is 1.45. The minimum Gasteiger partial charge on any atom is -0.459 e. The average Bonchev–Trinajstić information content (AvgIpc) is 3.47. The van der Waals surface area contributed by atoms with Gasteiger partial charge in [-0.05, 0) is 38.1 Å². The lowest BCUT2D eigenvalue weighted by molar-refractivity contribution is 0.0987. The van der Waals surface area contributed by atoms with E-state index in [1.165, 1.54) is 18.2 Å². The van der Waals surface area contributed by atoms with Crippen molar-refractivity contribution < 1.29 is 26.4 Å². The van der Waals surface area contributed by atoms with E-state index in [1.807, 2.05) is 19.9 Å². The van der Waals surface area contributed by atoms with Crippen LogP contribution >= 0.6 is 0 Å². The van der Waals surface area contributed by atoms with Gasteiger partial charge in [0.2, 0.25) is 9.84 Å². The summed E-state index contributed by atoms with van der Waals surface area (Å²) in [6.45, 7) is 3.73. The van der Waals surface area contributed by atoms with Crippen molar-refractivity contribution in [2.75, 3.05) is 0 Å². The van der Waals surface area contributed by atoms with Gasteiger partial charge in [-0.2, -0.15) is 0 Å². The zero-order valence-corrected chi connectivity index (χ0v) is 25.9. The molecular formula is C36H30O6S2. The first-order chi connectivity index (χ1) is 21.1. The molecule has 0 bridgehead atoms. The molecule has 0 aromatic heterocycles. The van der Waals surface area contributed by atoms with Crippen molar-refractivity contribution >= 4 is 31.2 Å². The zero-order chi connectivity index (χ0) is 31.3. The minimum atomic E-state index is -4.06. The first-order valence-electron chi connectivity index (χ1n) is 13.9. The lowest BCUT2D eigenvalue weighted by atomic mass is 10.1. The average molecular weight is 623 g/mol. The van der Waals surface area contributed by atoms with Gasteiger partial charge < -0.3 is 4.74 Å². The third-order valence-electron chi connectivity index (χ3n) is 7.21. The molecule has 0 amide bonds. The Bertz CT molecular complexity index is 2010. The number of hydrogen-bond donors (Lipinski definition) is 0. The van der Waals surface area contributed by atoms with E-state index < -0.39 is 30.7 Å². The van der Waals surface area contributed by atoms with Crippen LogP contribution in [-0.2, 0) is 24.4 Å². The molecule has 0 spiro atoms. The summed E-state index contributed by atoms with van der Waals surface area (Å²) in [5.41, 5.74) is 2.71. The second-order valence-electron chi connectivity index (χ2n) is 10.4. The van der Waals surface area contributed by atoms with Crippen molar-refractivity contribution in [2.24, 2.45) is 0 Å². The molecular weight excluding hydrogens is 593 g/mol. The van der Waals surface area contributed by atoms with Crippen molar-refractivity contribution in [3.8, 4) is 11.8 Å². The van der Waals surface area contributed by atoms with Gasteiger partial charge in [0, 0.05) is 30.0 Å². The van der Waals surface area contributed by atoms with Crippen LogP contribution in [0.3, 0.4) is 0 Å². The summed E-state index contributed by atoms with van der Waals surface area (Å²) < 4.78 is 60.6. The van der Waals surface area contributed by atoms with Gasteiger partial charge in [0.25, 0.3) is 0 Å². The van der Waals surface area contributed by atoms with E-state index in [0.29, 0.717) is 11.3 Å². The molecule has 0 radical (unpaired) electrons. The quantitative estimate of drug-likeness (QED) is 0.157. The molecule has 6 nitrogen and oxygen atoms in total. The molecule has 8 heteroatoms. The highest BCUT2D eigenvalue weighted by molar-refractivity contribution is 7.95. The Morgan fingerprint density at radius 2 is 1.32 bits per heavy atom. The smallest absolute Gasteiger partial charge is 0.206 e. The summed E-state index contributed by atoms with van der Waals surface area (Å²) >= 11 is 0. The van der Waals surface area contributed by atoms with E-state index in [4.69, 9.17) is 4.74 Å². The number of allylic oxidation sites excluding steroid dienone is 2. The molecule has 1 aliphatic heterocycles. The highest BCUT2D eigenvalue weighted by atomic mass is 32.2. The standard InChI is InChI=1S/C36H30O6S2/c1-26-17-21-31(22-18-26)43(38,39)33(35(37)28-11-5-3-6-12-28)16-10-9-15-30-25-34(36(42-30)29-13-7-4-8-14-29)44(40,41)32-23-19-27(2)20-24-32/h3-8,11-15,17-24,33H,16,25H2,1-2H3/t33-/m0/s1. The topological polar surface area (TPSA) is 94.6 Å². The normalized spacial score (nSPS) is 14.9. The van der Waals surface area contributed by atoms with Crippen LogP contribution in [-0.4, -0.2) is 27.9 Å². The van der Waals surface area contributed by atoms with E-state index >= 15 is 0 Å². The summed E-state index contributed by atoms with van der Waals surface area (Å²) in [6, 6.07) is 30.2. The Kier molecular flexibility index (Phi) is 9.00. The second-order valence-corrected chi connectivity index (χ2v) is 14.5. The molecule has 0 saturated carbocycles. The number of rotatable bonds is 8. The molecule has 1 aliphatic rings. The maximum atomic E-state index is 13.7. The lowest BCUT2D eigenvalue weighted by Crippen LogP contribution is -2.30. The van der Waals surface area contributed by atoms with E-state index in [1.54, 1.807) is 91.0 Å². The first kappa shape index (κ1) is 30.7. The van der Waals surface area contributed by atoms with Crippen molar-refractivity contribution in [3.05, 3.63) is 148 Å². The molecule has 4 aromatic carbocycles. The van der Waals surface area contributed by atoms with Gasteiger partial charge in [0.15, 0.2) is 15.6 Å². The zero-order valence-electron chi connectivity index (χ0n) is 24.2. The van der Waals surface area contributed by atoms with E-state index in [2.05, 4.69) is 11.8 Å². The number of Topliss-reactive ketones (excluding diaryl/α,β-unsaturated/α-hetero) is 1. The summed E-state index contributed by atoms with van der Waals surface area (Å²) in [6.07, 6.45) is 1.15. The molecule has 0 saturated heterocycles. The SMILES string of the molecule is Cc1ccc(S(=O)(=O)C2=C(c3ccccc3)OC(=CC#CC[C@@H](C(=O)c3ccccc3)S(=O)(=O)c3ccc(C)cc3)C2)cc1. The van der Waals surface area contributed by atoms with Gasteiger partial charge >= 0.3 is 0 Å². The summed E-state index contributed by atoms with van der Waals surface area (Å²) in [5.74, 6) is 5.60. The van der Waals surface area contributed by atoms with Crippen LogP contribution in [0, 0.1) is 25.7 Å². The van der Waals surface area contributed by atoms with Crippen LogP contribution in [0.4, 0.5) is 0 Å². The third kappa shape index (κ3) is 6.60. The molecule has 222 valence electrons. The highest BCUT2D eigenvalue weighted by Gasteiger charge is 2.35.